The lowest BCUT2D eigenvalue weighted by atomic mass is 9.97. The van der Waals surface area contributed by atoms with Crippen molar-refractivity contribution in [2.24, 2.45) is 5.92 Å². The van der Waals surface area contributed by atoms with Gasteiger partial charge in [-0.05, 0) is 18.6 Å². The first kappa shape index (κ1) is 17.8. The number of piperidine rings is 1. The molecule has 0 radical (unpaired) electrons. The number of ether oxygens (including phenoxy) is 1. The first-order valence-electron chi connectivity index (χ1n) is 8.10. The van der Waals surface area contributed by atoms with Gasteiger partial charge in [0.15, 0.2) is 6.54 Å². The minimum atomic E-state index is -0.102. The summed E-state index contributed by atoms with van der Waals surface area (Å²) in [6.07, 6.45) is 1.57. The van der Waals surface area contributed by atoms with Crippen LogP contribution in [0.1, 0.15) is 25.3 Å². The molecule has 0 unspecified atom stereocenters. The van der Waals surface area contributed by atoms with E-state index in [4.69, 9.17) is 16.3 Å². The first-order valence-corrected chi connectivity index (χ1v) is 8.48. The molecule has 126 valence electrons. The summed E-state index contributed by atoms with van der Waals surface area (Å²) in [6, 6.07) is 7.49. The number of rotatable bonds is 6. The number of benzene rings is 1. The van der Waals surface area contributed by atoms with Gasteiger partial charge in [0.2, 0.25) is 0 Å². The van der Waals surface area contributed by atoms with E-state index in [1.807, 2.05) is 31.2 Å². The van der Waals surface area contributed by atoms with Crippen LogP contribution in [0.15, 0.2) is 24.3 Å². The van der Waals surface area contributed by atoms with E-state index in [1.54, 1.807) is 0 Å². The predicted molar refractivity (Wildman–Crippen MR) is 88.2 cm³/mol. The Labute approximate surface area is 141 Å². The van der Waals surface area contributed by atoms with Crippen molar-refractivity contribution in [3.8, 4) is 0 Å². The van der Waals surface area contributed by atoms with Crippen LogP contribution in [0.5, 0.6) is 0 Å². The Balaban J connectivity index is 1.71. The van der Waals surface area contributed by atoms with E-state index >= 15 is 0 Å². The number of esters is 1. The van der Waals surface area contributed by atoms with Crippen LogP contribution in [0.25, 0.3) is 0 Å². The van der Waals surface area contributed by atoms with Crippen LogP contribution in [-0.2, 0) is 20.9 Å². The Hall–Kier alpha value is -1.59. The molecular weight excluding hydrogens is 316 g/mol. The smallest absolute Gasteiger partial charge is 0.309 e. The van der Waals surface area contributed by atoms with Crippen molar-refractivity contribution in [2.75, 3.05) is 26.2 Å². The maximum atomic E-state index is 12.0. The molecular formula is C17H24ClN2O3+. The molecule has 0 atom stereocenters. The zero-order chi connectivity index (χ0) is 16.7. The quantitative estimate of drug-likeness (QED) is 0.754. The molecule has 2 N–H and O–H groups in total. The minimum absolute atomic E-state index is 0.00880. The van der Waals surface area contributed by atoms with Crippen molar-refractivity contribution in [3.05, 3.63) is 34.9 Å². The van der Waals surface area contributed by atoms with Crippen molar-refractivity contribution in [2.45, 2.75) is 26.3 Å². The van der Waals surface area contributed by atoms with Crippen molar-refractivity contribution in [1.82, 2.24) is 5.32 Å². The molecule has 1 fully saturated rings. The minimum Gasteiger partial charge on any atom is -0.466 e. The fourth-order valence-electron chi connectivity index (χ4n) is 2.82. The topological polar surface area (TPSA) is 59.8 Å². The van der Waals surface area contributed by atoms with Crippen molar-refractivity contribution >= 4 is 23.5 Å². The molecule has 2 rings (SSSR count). The summed E-state index contributed by atoms with van der Waals surface area (Å²) < 4.78 is 5.06. The molecule has 0 aromatic heterocycles. The van der Waals surface area contributed by atoms with Gasteiger partial charge in [-0.25, -0.2) is 0 Å². The van der Waals surface area contributed by atoms with Gasteiger partial charge in [-0.2, -0.15) is 0 Å². The molecule has 1 amide bonds. The standard InChI is InChI=1S/C17H23ClN2O3/c1-2-23-17(22)13-7-9-20(10-8-13)12-16(21)19-11-14-5-3-4-6-15(14)18/h3-6,13H,2,7-12H2,1H3,(H,19,21)/p+1. The average molecular weight is 340 g/mol. The molecule has 6 heteroatoms. The first-order chi connectivity index (χ1) is 11.1. The van der Waals surface area contributed by atoms with E-state index in [-0.39, 0.29) is 17.8 Å². The molecule has 0 saturated carbocycles. The summed E-state index contributed by atoms with van der Waals surface area (Å²) in [4.78, 5) is 25.0. The van der Waals surface area contributed by atoms with Gasteiger partial charge >= 0.3 is 5.97 Å². The molecule has 1 aromatic carbocycles. The molecule has 1 heterocycles. The Morgan fingerprint density at radius 1 is 1.30 bits per heavy atom. The predicted octanol–water partition coefficient (Wildman–Crippen LogP) is 0.814. The number of likely N-dealkylation sites (tertiary alicyclic amines) is 1. The van der Waals surface area contributed by atoms with Crippen molar-refractivity contribution < 1.29 is 19.2 Å². The van der Waals surface area contributed by atoms with E-state index in [1.165, 1.54) is 4.90 Å². The number of nitrogens with one attached hydrogen (secondary N) is 2. The molecule has 1 aliphatic rings. The number of amides is 1. The van der Waals surface area contributed by atoms with E-state index in [0.717, 1.165) is 31.5 Å². The second kappa shape index (κ2) is 8.89. The summed E-state index contributed by atoms with van der Waals surface area (Å²) in [5.41, 5.74) is 0.915. The molecule has 0 bridgehead atoms. The van der Waals surface area contributed by atoms with Crippen LogP contribution in [0, 0.1) is 5.92 Å². The maximum Gasteiger partial charge on any atom is 0.309 e. The summed E-state index contributed by atoms with van der Waals surface area (Å²) >= 11 is 6.07. The third kappa shape index (κ3) is 5.52. The summed E-state index contributed by atoms with van der Waals surface area (Å²) in [5.74, 6) is -0.103. The lowest BCUT2D eigenvalue weighted by Crippen LogP contribution is -3.14. The normalized spacial score (nSPS) is 20.8. The Morgan fingerprint density at radius 3 is 2.65 bits per heavy atom. The highest BCUT2D eigenvalue weighted by Gasteiger charge is 2.29. The number of hydrogen-bond acceptors (Lipinski definition) is 3. The Bertz CT molecular complexity index is 542. The summed E-state index contributed by atoms with van der Waals surface area (Å²) in [5, 5.41) is 3.57. The highest BCUT2D eigenvalue weighted by molar-refractivity contribution is 6.31. The van der Waals surface area contributed by atoms with Gasteiger partial charge in [-0.15, -0.1) is 0 Å². The van der Waals surface area contributed by atoms with Gasteiger partial charge in [0.05, 0.1) is 25.6 Å². The number of hydrogen-bond donors (Lipinski definition) is 2. The average Bonchev–Trinajstić information content (AvgIpc) is 2.55. The highest BCUT2D eigenvalue weighted by atomic mass is 35.5. The lowest BCUT2D eigenvalue weighted by molar-refractivity contribution is -0.897. The fraction of sp³-hybridized carbons (Fsp3) is 0.529. The largest absolute Gasteiger partial charge is 0.466 e. The van der Waals surface area contributed by atoms with E-state index in [0.29, 0.717) is 24.7 Å². The van der Waals surface area contributed by atoms with Crippen LogP contribution in [0.4, 0.5) is 0 Å². The summed E-state index contributed by atoms with van der Waals surface area (Å²) in [7, 11) is 0. The number of halogens is 1. The second-order valence-corrected chi connectivity index (χ2v) is 6.23. The van der Waals surface area contributed by atoms with E-state index in [2.05, 4.69) is 5.32 Å². The van der Waals surface area contributed by atoms with Gasteiger partial charge in [0.1, 0.15) is 0 Å². The monoisotopic (exact) mass is 339 g/mol. The number of carbonyl (C=O) groups is 2. The van der Waals surface area contributed by atoms with Gasteiger partial charge in [-0.1, -0.05) is 29.8 Å². The molecule has 1 aromatic rings. The molecule has 0 spiro atoms. The van der Waals surface area contributed by atoms with Crippen molar-refractivity contribution in [1.29, 1.82) is 0 Å². The third-order valence-corrected chi connectivity index (χ3v) is 4.53. The van der Waals surface area contributed by atoms with Crippen LogP contribution in [0.3, 0.4) is 0 Å². The number of quaternary nitrogens is 1. The Morgan fingerprint density at radius 2 is 2.00 bits per heavy atom. The molecule has 1 saturated heterocycles. The summed E-state index contributed by atoms with van der Waals surface area (Å²) in [6.45, 7) is 4.77. The Kier molecular flexibility index (Phi) is 6.86. The zero-order valence-corrected chi connectivity index (χ0v) is 14.2. The van der Waals surface area contributed by atoms with Crippen LogP contribution in [-0.4, -0.2) is 38.1 Å². The fourth-order valence-corrected chi connectivity index (χ4v) is 3.03. The molecule has 1 aliphatic heterocycles. The molecule has 5 nitrogen and oxygen atoms in total. The van der Waals surface area contributed by atoms with Gasteiger partial charge < -0.3 is 15.0 Å². The van der Waals surface area contributed by atoms with Gasteiger partial charge in [0.25, 0.3) is 5.91 Å². The number of carbonyl (C=O) groups excluding carboxylic acids is 2. The molecule has 0 aliphatic carbocycles. The maximum absolute atomic E-state index is 12.0. The van der Waals surface area contributed by atoms with Gasteiger partial charge in [0, 0.05) is 24.4 Å². The van der Waals surface area contributed by atoms with Crippen LogP contribution < -0.4 is 10.2 Å². The van der Waals surface area contributed by atoms with Crippen LogP contribution >= 0.6 is 11.6 Å². The van der Waals surface area contributed by atoms with E-state index in [9.17, 15) is 9.59 Å². The molecule has 23 heavy (non-hydrogen) atoms. The second-order valence-electron chi connectivity index (χ2n) is 5.82. The zero-order valence-electron chi connectivity index (χ0n) is 13.4. The van der Waals surface area contributed by atoms with Crippen LogP contribution in [0.2, 0.25) is 5.02 Å². The lowest BCUT2D eigenvalue weighted by Gasteiger charge is -2.27. The van der Waals surface area contributed by atoms with Gasteiger partial charge in [-0.3, -0.25) is 9.59 Å². The van der Waals surface area contributed by atoms with Crippen molar-refractivity contribution in [3.63, 3.8) is 0 Å². The third-order valence-electron chi connectivity index (χ3n) is 4.16. The highest BCUT2D eigenvalue weighted by Crippen LogP contribution is 2.14. The SMILES string of the molecule is CCOC(=O)C1CC[NH+](CC(=O)NCc2ccccc2Cl)CC1. The van der Waals surface area contributed by atoms with E-state index < -0.39 is 0 Å².